The first kappa shape index (κ1) is 26.0. The van der Waals surface area contributed by atoms with Crippen LogP contribution in [0.15, 0.2) is 88.8 Å². The summed E-state index contributed by atoms with van der Waals surface area (Å²) in [5, 5.41) is 7.02. The van der Waals surface area contributed by atoms with Gasteiger partial charge in [0.25, 0.3) is 5.56 Å². The van der Waals surface area contributed by atoms with Crippen LogP contribution in [0.3, 0.4) is 0 Å². The molecule has 0 unspecified atom stereocenters. The third-order valence-electron chi connectivity index (χ3n) is 6.14. The summed E-state index contributed by atoms with van der Waals surface area (Å²) >= 11 is 0. The number of nitrogens with one attached hydrogen (secondary N) is 2. The fourth-order valence-corrected chi connectivity index (χ4v) is 4.20. The van der Waals surface area contributed by atoms with E-state index in [2.05, 4.69) is 75.1 Å². The lowest BCUT2D eigenvalue weighted by molar-refractivity contribution is 0.198. The number of guanidine groups is 1. The van der Waals surface area contributed by atoms with Crippen molar-refractivity contribution < 1.29 is 0 Å². The van der Waals surface area contributed by atoms with E-state index in [9.17, 15) is 4.79 Å². The van der Waals surface area contributed by atoms with Gasteiger partial charge in [-0.15, -0.1) is 24.0 Å². The molecule has 3 aromatic rings. The molecule has 0 saturated carbocycles. The largest absolute Gasteiger partial charge is 0.354 e. The SMILES string of the molecule is CN=C(NCc1ccc(Cn2ccccc2=O)cc1)NC1CCN(Cc2ccccc2)CC1.I. The number of halogens is 1. The second-order valence-corrected chi connectivity index (χ2v) is 8.59. The minimum absolute atomic E-state index is 0. The van der Waals surface area contributed by atoms with Gasteiger partial charge in [0.2, 0.25) is 0 Å². The van der Waals surface area contributed by atoms with Crippen molar-refractivity contribution in [3.05, 3.63) is 106 Å². The van der Waals surface area contributed by atoms with Gasteiger partial charge in [0.1, 0.15) is 0 Å². The molecule has 0 spiro atoms. The highest BCUT2D eigenvalue weighted by Gasteiger charge is 2.20. The van der Waals surface area contributed by atoms with E-state index in [1.807, 2.05) is 19.3 Å². The lowest BCUT2D eigenvalue weighted by Crippen LogP contribution is -2.48. The first-order chi connectivity index (χ1) is 16.2. The second kappa shape index (κ2) is 13.3. The predicted octanol–water partition coefficient (Wildman–Crippen LogP) is 3.84. The van der Waals surface area contributed by atoms with Crippen molar-refractivity contribution in [3.8, 4) is 0 Å². The number of aromatic nitrogens is 1. The zero-order valence-corrected chi connectivity index (χ0v) is 22.0. The Bertz CT molecular complexity index is 1090. The predicted molar refractivity (Wildman–Crippen MR) is 150 cm³/mol. The van der Waals surface area contributed by atoms with Crippen LogP contribution in [0.4, 0.5) is 0 Å². The number of piperidine rings is 1. The number of aliphatic imine (C=N–C) groups is 1. The highest BCUT2D eigenvalue weighted by molar-refractivity contribution is 14.0. The van der Waals surface area contributed by atoms with Crippen molar-refractivity contribution in [2.75, 3.05) is 20.1 Å². The minimum atomic E-state index is 0. The van der Waals surface area contributed by atoms with E-state index in [0.717, 1.165) is 44.0 Å². The normalized spacial score (nSPS) is 14.9. The molecule has 1 aliphatic rings. The average Bonchev–Trinajstić information content (AvgIpc) is 2.86. The summed E-state index contributed by atoms with van der Waals surface area (Å²) in [4.78, 5) is 18.8. The topological polar surface area (TPSA) is 61.7 Å². The molecule has 0 aliphatic carbocycles. The van der Waals surface area contributed by atoms with Crippen LogP contribution >= 0.6 is 24.0 Å². The zero-order valence-electron chi connectivity index (χ0n) is 19.7. The van der Waals surface area contributed by atoms with Gasteiger partial charge in [0.15, 0.2) is 5.96 Å². The van der Waals surface area contributed by atoms with E-state index in [1.54, 1.807) is 16.7 Å². The minimum Gasteiger partial charge on any atom is -0.354 e. The standard InChI is InChI=1S/C27H33N5O.HI/c1-28-27(30-25-14-17-31(18-15-25)20-23-7-3-2-4-8-23)29-19-22-10-12-24(13-11-22)21-32-16-6-5-9-26(32)33;/h2-13,16,25H,14-15,17-21H2,1H3,(H2,28,29,30);1H. The Morgan fingerprint density at radius 1 is 0.882 bits per heavy atom. The van der Waals surface area contributed by atoms with Crippen molar-refractivity contribution in [1.29, 1.82) is 0 Å². The quantitative estimate of drug-likeness (QED) is 0.257. The van der Waals surface area contributed by atoms with Crippen LogP contribution in [-0.2, 0) is 19.6 Å². The molecule has 0 amide bonds. The number of benzene rings is 2. The van der Waals surface area contributed by atoms with Crippen molar-refractivity contribution in [2.45, 2.75) is 38.5 Å². The monoisotopic (exact) mass is 571 g/mol. The van der Waals surface area contributed by atoms with E-state index >= 15 is 0 Å². The van der Waals surface area contributed by atoms with Gasteiger partial charge in [-0.2, -0.15) is 0 Å². The highest BCUT2D eigenvalue weighted by atomic mass is 127. The molecule has 1 aliphatic heterocycles. The first-order valence-corrected chi connectivity index (χ1v) is 11.7. The number of likely N-dealkylation sites (tertiary alicyclic amines) is 1. The van der Waals surface area contributed by atoms with E-state index in [-0.39, 0.29) is 29.5 Å². The Kier molecular flexibility index (Phi) is 10.2. The average molecular weight is 572 g/mol. The molecule has 2 N–H and O–H groups in total. The molecule has 34 heavy (non-hydrogen) atoms. The van der Waals surface area contributed by atoms with Crippen LogP contribution in [0.25, 0.3) is 0 Å². The number of hydrogen-bond donors (Lipinski definition) is 2. The Hall–Kier alpha value is -2.65. The lowest BCUT2D eigenvalue weighted by atomic mass is 10.0. The van der Waals surface area contributed by atoms with E-state index in [0.29, 0.717) is 19.1 Å². The Morgan fingerprint density at radius 2 is 1.53 bits per heavy atom. The van der Waals surface area contributed by atoms with Gasteiger partial charge in [-0.1, -0.05) is 60.7 Å². The fourth-order valence-electron chi connectivity index (χ4n) is 4.20. The van der Waals surface area contributed by atoms with Gasteiger partial charge < -0.3 is 15.2 Å². The Balaban J connectivity index is 0.00000324. The van der Waals surface area contributed by atoms with Crippen molar-refractivity contribution in [2.24, 2.45) is 4.99 Å². The molecule has 0 atom stereocenters. The maximum Gasteiger partial charge on any atom is 0.250 e. The number of pyridine rings is 1. The molecule has 2 heterocycles. The third kappa shape index (κ3) is 7.70. The van der Waals surface area contributed by atoms with Crippen molar-refractivity contribution in [1.82, 2.24) is 20.1 Å². The smallest absolute Gasteiger partial charge is 0.250 e. The summed E-state index contributed by atoms with van der Waals surface area (Å²) in [7, 11) is 1.82. The van der Waals surface area contributed by atoms with Crippen LogP contribution in [0, 0.1) is 0 Å². The maximum absolute atomic E-state index is 11.9. The van der Waals surface area contributed by atoms with Gasteiger partial charge in [-0.3, -0.25) is 14.7 Å². The molecule has 1 aromatic heterocycles. The highest BCUT2D eigenvalue weighted by Crippen LogP contribution is 2.14. The summed E-state index contributed by atoms with van der Waals surface area (Å²) in [5.74, 6) is 0.844. The van der Waals surface area contributed by atoms with Gasteiger partial charge >= 0.3 is 0 Å². The molecule has 4 rings (SSSR count). The summed E-state index contributed by atoms with van der Waals surface area (Å²) in [5.41, 5.74) is 3.68. The van der Waals surface area contributed by atoms with Gasteiger partial charge in [-0.05, 0) is 35.6 Å². The number of rotatable bonds is 7. The molecule has 0 radical (unpaired) electrons. The summed E-state index contributed by atoms with van der Waals surface area (Å²) in [6.45, 7) is 4.50. The fraction of sp³-hybridized carbons (Fsp3) is 0.333. The molecule has 6 nitrogen and oxygen atoms in total. The summed E-state index contributed by atoms with van der Waals surface area (Å²) in [6.07, 6.45) is 4.04. The molecular formula is C27H34IN5O. The van der Waals surface area contributed by atoms with Gasteiger partial charge in [0, 0.05) is 51.5 Å². The van der Waals surface area contributed by atoms with Crippen LogP contribution in [-0.4, -0.2) is 41.6 Å². The molecule has 1 fully saturated rings. The number of nitrogens with zero attached hydrogens (tertiary/aromatic N) is 3. The van der Waals surface area contributed by atoms with Crippen molar-refractivity contribution in [3.63, 3.8) is 0 Å². The van der Waals surface area contributed by atoms with Crippen LogP contribution in [0.1, 0.15) is 29.5 Å². The molecule has 7 heteroatoms. The zero-order chi connectivity index (χ0) is 22.9. The van der Waals surface area contributed by atoms with Crippen molar-refractivity contribution >= 4 is 29.9 Å². The molecule has 180 valence electrons. The summed E-state index contributed by atoms with van der Waals surface area (Å²) in [6, 6.07) is 24.7. The van der Waals surface area contributed by atoms with Crippen LogP contribution in [0.5, 0.6) is 0 Å². The van der Waals surface area contributed by atoms with Crippen LogP contribution in [0.2, 0.25) is 0 Å². The number of hydrogen-bond acceptors (Lipinski definition) is 3. The Labute approximate surface area is 219 Å². The molecule has 0 bridgehead atoms. The van der Waals surface area contributed by atoms with E-state index < -0.39 is 0 Å². The van der Waals surface area contributed by atoms with E-state index in [4.69, 9.17) is 0 Å². The molecule has 2 aromatic carbocycles. The third-order valence-corrected chi connectivity index (χ3v) is 6.14. The van der Waals surface area contributed by atoms with E-state index in [1.165, 1.54) is 11.1 Å². The molecule has 1 saturated heterocycles. The first-order valence-electron chi connectivity index (χ1n) is 11.7. The molecular weight excluding hydrogens is 537 g/mol. The lowest BCUT2D eigenvalue weighted by Gasteiger charge is -2.33. The summed E-state index contributed by atoms with van der Waals surface area (Å²) < 4.78 is 1.71. The second-order valence-electron chi connectivity index (χ2n) is 8.59. The van der Waals surface area contributed by atoms with Gasteiger partial charge in [0.05, 0.1) is 6.54 Å². The maximum atomic E-state index is 11.9. The van der Waals surface area contributed by atoms with Crippen LogP contribution < -0.4 is 16.2 Å². The Morgan fingerprint density at radius 3 is 2.21 bits per heavy atom. The van der Waals surface area contributed by atoms with Gasteiger partial charge in [-0.25, -0.2) is 0 Å².